The minimum Gasteiger partial charge on any atom is -0.508 e. The fourth-order valence-corrected chi connectivity index (χ4v) is 1.54. The normalized spacial score (nSPS) is 10.8. The molecule has 0 aliphatic heterocycles. The molecule has 0 amide bonds. The molecule has 0 aliphatic carbocycles. The van der Waals surface area contributed by atoms with Crippen LogP contribution in [0.1, 0.15) is 0 Å². The van der Waals surface area contributed by atoms with Crippen molar-refractivity contribution < 1.29 is 5.11 Å². The molecule has 0 atom stereocenters. The monoisotopic (exact) mass is 210 g/mol. The highest BCUT2D eigenvalue weighted by molar-refractivity contribution is 5.73. The largest absolute Gasteiger partial charge is 0.508 e. The molecule has 1 radical (unpaired) electrons. The van der Waals surface area contributed by atoms with E-state index in [0.717, 1.165) is 11.0 Å². The van der Waals surface area contributed by atoms with E-state index >= 15 is 0 Å². The number of hydrogen-bond acceptors (Lipinski definition) is 3. The van der Waals surface area contributed by atoms with Crippen molar-refractivity contribution in [2.75, 3.05) is 0 Å². The van der Waals surface area contributed by atoms with Gasteiger partial charge in [-0.15, -0.1) is 10.2 Å². The van der Waals surface area contributed by atoms with Gasteiger partial charge in [-0.3, -0.25) is 0 Å². The topological polar surface area (TPSA) is 50.9 Å². The molecule has 0 unspecified atom stereocenters. The second kappa shape index (κ2) is 3.34. The number of nitrogens with zero attached hydrogens (tertiary/aromatic N) is 3. The highest BCUT2D eigenvalue weighted by Gasteiger charge is 2.03. The van der Waals surface area contributed by atoms with E-state index in [0.29, 0.717) is 5.69 Å². The first-order chi connectivity index (χ1) is 7.83. The molecular formula is C12H8N3O. The molecular weight excluding hydrogens is 202 g/mol. The summed E-state index contributed by atoms with van der Waals surface area (Å²) >= 11 is 0. The zero-order chi connectivity index (χ0) is 11.0. The summed E-state index contributed by atoms with van der Waals surface area (Å²) in [6.45, 7) is 0. The molecule has 77 valence electrons. The third kappa shape index (κ3) is 1.40. The van der Waals surface area contributed by atoms with Gasteiger partial charge in [-0.05, 0) is 30.3 Å². The van der Waals surface area contributed by atoms with Crippen LogP contribution in [-0.2, 0) is 0 Å². The van der Waals surface area contributed by atoms with Crippen molar-refractivity contribution in [2.24, 2.45) is 0 Å². The number of hydrogen-bond donors (Lipinski definition) is 1. The lowest BCUT2D eigenvalue weighted by Crippen LogP contribution is -1.97. The van der Waals surface area contributed by atoms with E-state index in [2.05, 4.69) is 16.3 Å². The van der Waals surface area contributed by atoms with Crippen LogP contribution >= 0.6 is 0 Å². The minimum atomic E-state index is 0.152. The maximum atomic E-state index is 9.35. The van der Waals surface area contributed by atoms with E-state index in [1.165, 1.54) is 10.9 Å². The van der Waals surface area contributed by atoms with Crippen LogP contribution in [0.3, 0.4) is 0 Å². The van der Waals surface area contributed by atoms with E-state index in [9.17, 15) is 5.11 Å². The Balaban J connectivity index is 2.19. The summed E-state index contributed by atoms with van der Waals surface area (Å²) in [6.07, 6.45) is 0. The van der Waals surface area contributed by atoms with Gasteiger partial charge in [-0.1, -0.05) is 12.1 Å². The van der Waals surface area contributed by atoms with Gasteiger partial charge in [0.2, 0.25) is 0 Å². The summed E-state index contributed by atoms with van der Waals surface area (Å²) in [4.78, 5) is 1.49. The lowest BCUT2D eigenvalue weighted by atomic mass is 10.3. The van der Waals surface area contributed by atoms with Crippen molar-refractivity contribution in [1.29, 1.82) is 0 Å². The minimum absolute atomic E-state index is 0.152. The molecule has 0 saturated heterocycles. The van der Waals surface area contributed by atoms with Crippen molar-refractivity contribution in [3.8, 4) is 11.4 Å². The molecule has 0 saturated carbocycles. The van der Waals surface area contributed by atoms with Crippen LogP contribution in [-0.4, -0.2) is 20.1 Å². The molecule has 3 rings (SSSR count). The summed E-state index contributed by atoms with van der Waals surface area (Å²) in [5.74, 6) is 0.152. The van der Waals surface area contributed by atoms with E-state index in [4.69, 9.17) is 0 Å². The molecule has 3 aromatic rings. The molecule has 16 heavy (non-hydrogen) atoms. The molecule has 0 bridgehead atoms. The van der Waals surface area contributed by atoms with E-state index in [1.54, 1.807) is 12.1 Å². The zero-order valence-corrected chi connectivity index (χ0v) is 8.33. The Morgan fingerprint density at radius 2 is 1.75 bits per heavy atom. The van der Waals surface area contributed by atoms with Gasteiger partial charge >= 0.3 is 0 Å². The van der Waals surface area contributed by atoms with Crippen molar-refractivity contribution in [2.45, 2.75) is 0 Å². The van der Waals surface area contributed by atoms with Gasteiger partial charge in [-0.2, -0.15) is 4.80 Å². The van der Waals surface area contributed by atoms with Crippen molar-refractivity contribution in [3.05, 3.63) is 48.5 Å². The third-order valence-electron chi connectivity index (χ3n) is 2.28. The van der Waals surface area contributed by atoms with Crippen LogP contribution in [0.15, 0.2) is 42.5 Å². The van der Waals surface area contributed by atoms with Crippen molar-refractivity contribution in [3.63, 3.8) is 0 Å². The first-order valence-electron chi connectivity index (χ1n) is 4.85. The zero-order valence-electron chi connectivity index (χ0n) is 8.33. The summed E-state index contributed by atoms with van der Waals surface area (Å²) in [5.41, 5.74) is 2.34. The highest BCUT2D eigenvalue weighted by atomic mass is 16.3. The lowest BCUT2D eigenvalue weighted by Gasteiger charge is -1.98. The lowest BCUT2D eigenvalue weighted by molar-refractivity contribution is 0.474. The molecule has 2 aromatic carbocycles. The van der Waals surface area contributed by atoms with Gasteiger partial charge in [0.15, 0.2) is 0 Å². The Morgan fingerprint density at radius 3 is 2.38 bits per heavy atom. The molecule has 1 N–H and O–H groups in total. The first-order valence-corrected chi connectivity index (χ1v) is 4.85. The van der Waals surface area contributed by atoms with Gasteiger partial charge in [0.1, 0.15) is 16.8 Å². The quantitative estimate of drug-likeness (QED) is 0.667. The molecule has 1 aromatic heterocycles. The summed E-state index contributed by atoms with van der Waals surface area (Å²) in [5, 5.41) is 17.9. The summed E-state index contributed by atoms with van der Waals surface area (Å²) in [7, 11) is 0. The molecule has 4 nitrogen and oxygen atoms in total. The van der Waals surface area contributed by atoms with Crippen LogP contribution in [0.2, 0.25) is 0 Å². The standard InChI is InChI=1S/C12H8N3O/c16-10-5-3-4-9(8-10)15-13-11-6-1-2-7-12(11)14-15/h1-2,4-8,16H. The van der Waals surface area contributed by atoms with Crippen LogP contribution in [0.25, 0.3) is 16.7 Å². The Hall–Kier alpha value is -2.36. The molecule has 4 heteroatoms. The Kier molecular flexibility index (Phi) is 1.86. The molecule has 0 fully saturated rings. The van der Waals surface area contributed by atoms with Crippen LogP contribution in [0.4, 0.5) is 0 Å². The number of fused-ring (bicyclic) bond motifs is 1. The van der Waals surface area contributed by atoms with Crippen molar-refractivity contribution >= 4 is 11.0 Å². The second-order valence-corrected chi connectivity index (χ2v) is 3.43. The number of phenols is 1. The van der Waals surface area contributed by atoms with Gasteiger partial charge in [-0.25, -0.2) is 0 Å². The fraction of sp³-hybridized carbons (Fsp3) is 0. The van der Waals surface area contributed by atoms with Gasteiger partial charge in [0.05, 0.1) is 5.69 Å². The summed E-state index contributed by atoms with van der Waals surface area (Å²) < 4.78 is 0. The van der Waals surface area contributed by atoms with E-state index < -0.39 is 0 Å². The van der Waals surface area contributed by atoms with E-state index in [-0.39, 0.29) is 5.75 Å². The van der Waals surface area contributed by atoms with E-state index in [1.807, 2.05) is 24.3 Å². The third-order valence-corrected chi connectivity index (χ3v) is 2.28. The average molecular weight is 210 g/mol. The second-order valence-electron chi connectivity index (χ2n) is 3.43. The van der Waals surface area contributed by atoms with Gasteiger partial charge in [0.25, 0.3) is 0 Å². The predicted octanol–water partition coefficient (Wildman–Crippen LogP) is 1.93. The van der Waals surface area contributed by atoms with Gasteiger partial charge < -0.3 is 5.11 Å². The Morgan fingerprint density at radius 1 is 1.06 bits per heavy atom. The summed E-state index contributed by atoms with van der Waals surface area (Å²) in [6, 6.07) is 15.2. The van der Waals surface area contributed by atoms with Crippen LogP contribution in [0, 0.1) is 6.07 Å². The first kappa shape index (κ1) is 8.91. The molecule has 0 aliphatic rings. The Labute approximate surface area is 91.8 Å². The highest BCUT2D eigenvalue weighted by Crippen LogP contribution is 2.15. The predicted molar refractivity (Wildman–Crippen MR) is 59.4 cm³/mol. The number of aromatic hydroxyl groups is 1. The maximum absolute atomic E-state index is 9.35. The van der Waals surface area contributed by atoms with Crippen molar-refractivity contribution in [1.82, 2.24) is 15.0 Å². The number of benzene rings is 2. The molecule has 0 spiro atoms. The van der Waals surface area contributed by atoms with Gasteiger partial charge in [0, 0.05) is 6.07 Å². The SMILES string of the molecule is Oc1c[c]cc(-n2nc3ccccc3n2)c1. The maximum Gasteiger partial charge on any atom is 0.118 e. The number of aromatic nitrogens is 3. The van der Waals surface area contributed by atoms with Crippen LogP contribution in [0.5, 0.6) is 5.75 Å². The fourth-order valence-electron chi connectivity index (χ4n) is 1.54. The number of rotatable bonds is 1. The Bertz CT molecular complexity index is 612. The smallest absolute Gasteiger partial charge is 0.118 e. The average Bonchev–Trinajstić information content (AvgIpc) is 2.72. The number of phenolic OH excluding ortho intramolecular Hbond substituents is 1. The van der Waals surface area contributed by atoms with Crippen LogP contribution < -0.4 is 0 Å². The molecule has 1 heterocycles.